The van der Waals surface area contributed by atoms with Crippen molar-refractivity contribution in [1.82, 2.24) is 14.9 Å². The number of rotatable bonds is 3. The van der Waals surface area contributed by atoms with Gasteiger partial charge in [-0.1, -0.05) is 0 Å². The number of hydrogen-bond donors (Lipinski definition) is 1. The second-order valence-corrected chi connectivity index (χ2v) is 4.93. The molecule has 0 aliphatic carbocycles. The molecule has 1 unspecified atom stereocenters. The Balaban J connectivity index is 2.15. The minimum Gasteiger partial charge on any atom is -0.354 e. The first-order valence-electron chi connectivity index (χ1n) is 6.72. The van der Waals surface area contributed by atoms with Crippen LogP contribution in [0.5, 0.6) is 0 Å². The second-order valence-electron chi connectivity index (χ2n) is 4.93. The highest BCUT2D eigenvalue weighted by Gasteiger charge is 2.20. The summed E-state index contributed by atoms with van der Waals surface area (Å²) in [5.74, 6) is 1.75. The molecule has 2 heterocycles. The van der Waals surface area contributed by atoms with Crippen molar-refractivity contribution in [3.8, 4) is 0 Å². The monoisotopic (exact) mass is 249 g/mol. The van der Waals surface area contributed by atoms with Gasteiger partial charge in [-0.25, -0.2) is 4.98 Å². The van der Waals surface area contributed by atoms with Gasteiger partial charge < -0.3 is 15.1 Å². The van der Waals surface area contributed by atoms with Crippen LogP contribution in [0.15, 0.2) is 12.3 Å². The molecule has 0 spiro atoms. The number of nitrogens with one attached hydrogen (secondary N) is 1. The van der Waals surface area contributed by atoms with Crippen molar-refractivity contribution in [1.29, 1.82) is 0 Å². The van der Waals surface area contributed by atoms with Crippen LogP contribution in [0.1, 0.15) is 20.3 Å². The molecular weight excluding hydrogens is 226 g/mol. The highest BCUT2D eigenvalue weighted by Crippen LogP contribution is 2.18. The minimum atomic E-state index is 0.488. The first-order valence-corrected chi connectivity index (χ1v) is 6.72. The van der Waals surface area contributed by atoms with Crippen LogP contribution in [-0.4, -0.2) is 54.1 Å². The Morgan fingerprint density at radius 3 is 3.06 bits per heavy atom. The van der Waals surface area contributed by atoms with E-state index in [4.69, 9.17) is 0 Å². The molecule has 5 heteroatoms. The maximum absolute atomic E-state index is 4.59. The summed E-state index contributed by atoms with van der Waals surface area (Å²) >= 11 is 0. The van der Waals surface area contributed by atoms with Crippen LogP contribution in [-0.2, 0) is 0 Å². The van der Waals surface area contributed by atoms with Crippen LogP contribution in [0.3, 0.4) is 0 Å². The Kier molecular flexibility index (Phi) is 4.36. The van der Waals surface area contributed by atoms with Gasteiger partial charge in [0.25, 0.3) is 0 Å². The van der Waals surface area contributed by atoms with Gasteiger partial charge in [0.2, 0.25) is 5.95 Å². The molecule has 1 atom stereocenters. The molecule has 0 saturated carbocycles. The number of aromatic nitrogens is 2. The molecule has 0 bridgehead atoms. The van der Waals surface area contributed by atoms with E-state index in [0.29, 0.717) is 6.04 Å². The lowest BCUT2D eigenvalue weighted by Crippen LogP contribution is -2.38. The molecule has 1 aromatic rings. The fraction of sp³-hybridized carbons (Fsp3) is 0.692. The zero-order valence-corrected chi connectivity index (χ0v) is 11.6. The number of anilines is 2. The minimum absolute atomic E-state index is 0.488. The largest absolute Gasteiger partial charge is 0.354 e. The third-order valence-corrected chi connectivity index (χ3v) is 3.32. The lowest BCUT2D eigenvalue weighted by Gasteiger charge is -2.29. The van der Waals surface area contributed by atoms with E-state index in [1.165, 1.54) is 6.42 Å². The number of nitrogens with zero attached hydrogens (tertiary/aromatic N) is 4. The lowest BCUT2D eigenvalue weighted by atomic mass is 10.2. The average molecular weight is 249 g/mol. The third kappa shape index (κ3) is 3.10. The maximum Gasteiger partial charge on any atom is 0.224 e. The van der Waals surface area contributed by atoms with Crippen LogP contribution in [0.4, 0.5) is 11.8 Å². The molecule has 5 nitrogen and oxygen atoms in total. The van der Waals surface area contributed by atoms with Crippen molar-refractivity contribution in [2.75, 3.05) is 43.4 Å². The Morgan fingerprint density at radius 1 is 1.44 bits per heavy atom. The summed E-state index contributed by atoms with van der Waals surface area (Å²) in [6, 6.07) is 2.49. The van der Waals surface area contributed by atoms with Crippen molar-refractivity contribution < 1.29 is 0 Å². The van der Waals surface area contributed by atoms with Crippen molar-refractivity contribution in [2.45, 2.75) is 26.3 Å². The molecule has 100 valence electrons. The van der Waals surface area contributed by atoms with Crippen molar-refractivity contribution in [3.05, 3.63) is 12.3 Å². The number of likely N-dealkylation sites (N-methyl/N-ethyl adjacent to an activating group) is 1. The molecule has 1 saturated heterocycles. The van der Waals surface area contributed by atoms with Crippen molar-refractivity contribution >= 4 is 11.8 Å². The molecule has 1 fully saturated rings. The molecule has 2 rings (SSSR count). The standard InChI is InChI=1S/C13H23N5/c1-4-14-13-15-7-6-12(16-13)18-9-5-8-17(3)10-11(18)2/h6-7,11H,4-5,8-10H2,1-3H3,(H,14,15,16). The molecule has 0 amide bonds. The maximum atomic E-state index is 4.59. The first kappa shape index (κ1) is 13.1. The summed E-state index contributed by atoms with van der Waals surface area (Å²) in [6.07, 6.45) is 3.02. The zero-order chi connectivity index (χ0) is 13.0. The van der Waals surface area contributed by atoms with E-state index < -0.39 is 0 Å². The van der Waals surface area contributed by atoms with Gasteiger partial charge in [0.1, 0.15) is 5.82 Å². The Morgan fingerprint density at radius 2 is 2.28 bits per heavy atom. The van der Waals surface area contributed by atoms with E-state index in [2.05, 4.69) is 46.0 Å². The van der Waals surface area contributed by atoms with Crippen molar-refractivity contribution in [3.63, 3.8) is 0 Å². The highest BCUT2D eigenvalue weighted by atomic mass is 15.3. The second kappa shape index (κ2) is 6.00. The van der Waals surface area contributed by atoms with Gasteiger partial charge in [-0.2, -0.15) is 4.98 Å². The summed E-state index contributed by atoms with van der Waals surface area (Å²) in [6.45, 7) is 8.47. The molecule has 1 aromatic heterocycles. The van der Waals surface area contributed by atoms with E-state index >= 15 is 0 Å². The zero-order valence-electron chi connectivity index (χ0n) is 11.6. The molecule has 0 radical (unpaired) electrons. The highest BCUT2D eigenvalue weighted by molar-refractivity contribution is 5.43. The van der Waals surface area contributed by atoms with Gasteiger partial charge in [0, 0.05) is 31.9 Å². The van der Waals surface area contributed by atoms with Gasteiger partial charge >= 0.3 is 0 Å². The van der Waals surface area contributed by atoms with Crippen LogP contribution in [0.25, 0.3) is 0 Å². The van der Waals surface area contributed by atoms with Crippen LogP contribution in [0.2, 0.25) is 0 Å². The summed E-state index contributed by atoms with van der Waals surface area (Å²) < 4.78 is 0. The Bertz CT molecular complexity index is 381. The van der Waals surface area contributed by atoms with Crippen LogP contribution < -0.4 is 10.2 Å². The molecule has 18 heavy (non-hydrogen) atoms. The Labute approximate surface area is 109 Å². The summed E-state index contributed by atoms with van der Waals surface area (Å²) in [5.41, 5.74) is 0. The SMILES string of the molecule is CCNc1nccc(N2CCCN(C)CC2C)n1. The lowest BCUT2D eigenvalue weighted by molar-refractivity contribution is 0.337. The topological polar surface area (TPSA) is 44.3 Å². The fourth-order valence-electron chi connectivity index (χ4n) is 2.47. The predicted octanol–water partition coefficient (Wildman–Crippen LogP) is 1.44. The summed E-state index contributed by atoms with van der Waals surface area (Å²) in [4.78, 5) is 13.6. The van der Waals surface area contributed by atoms with Gasteiger partial charge in [-0.15, -0.1) is 0 Å². The normalized spacial score (nSPS) is 21.7. The molecular formula is C13H23N5. The summed E-state index contributed by atoms with van der Waals surface area (Å²) in [7, 11) is 2.18. The third-order valence-electron chi connectivity index (χ3n) is 3.32. The molecule has 0 aromatic carbocycles. The molecule has 1 aliphatic rings. The van der Waals surface area contributed by atoms with Crippen molar-refractivity contribution in [2.24, 2.45) is 0 Å². The number of hydrogen-bond acceptors (Lipinski definition) is 5. The molecule has 1 N–H and O–H groups in total. The van der Waals surface area contributed by atoms with E-state index in [9.17, 15) is 0 Å². The van der Waals surface area contributed by atoms with Gasteiger partial charge in [-0.3, -0.25) is 0 Å². The smallest absolute Gasteiger partial charge is 0.224 e. The van der Waals surface area contributed by atoms with E-state index in [1.54, 1.807) is 0 Å². The first-order chi connectivity index (χ1) is 8.70. The molecule has 1 aliphatic heterocycles. The fourth-order valence-corrected chi connectivity index (χ4v) is 2.47. The van der Waals surface area contributed by atoms with Gasteiger partial charge in [-0.05, 0) is 39.9 Å². The predicted molar refractivity (Wildman–Crippen MR) is 75.1 cm³/mol. The quantitative estimate of drug-likeness (QED) is 0.878. The summed E-state index contributed by atoms with van der Waals surface area (Å²) in [5, 5.41) is 3.17. The van der Waals surface area contributed by atoms with E-state index in [-0.39, 0.29) is 0 Å². The van der Waals surface area contributed by atoms with E-state index in [0.717, 1.165) is 37.9 Å². The van der Waals surface area contributed by atoms with Gasteiger partial charge in [0.15, 0.2) is 0 Å². The van der Waals surface area contributed by atoms with Gasteiger partial charge in [0.05, 0.1) is 0 Å². The van der Waals surface area contributed by atoms with Crippen LogP contribution in [0, 0.1) is 0 Å². The average Bonchev–Trinajstić information content (AvgIpc) is 2.51. The van der Waals surface area contributed by atoms with Crippen LogP contribution >= 0.6 is 0 Å². The Hall–Kier alpha value is -1.36. The van der Waals surface area contributed by atoms with E-state index in [1.807, 2.05) is 12.3 Å².